The lowest BCUT2D eigenvalue weighted by molar-refractivity contribution is -0.115. The van der Waals surface area contributed by atoms with Crippen LogP contribution >= 0.6 is 0 Å². The largest absolute Gasteiger partial charge is 0.348 e. The Morgan fingerprint density at radius 1 is 1.00 bits per heavy atom. The molecule has 2 aliphatic heterocycles. The molecule has 2 aromatic rings. The summed E-state index contributed by atoms with van der Waals surface area (Å²) < 4.78 is 27.7. The normalized spacial score (nSPS) is 16.5. The molecule has 10 heteroatoms. The molecule has 0 bridgehead atoms. The molecule has 1 fully saturated rings. The van der Waals surface area contributed by atoms with E-state index in [1.165, 1.54) is 12.1 Å². The van der Waals surface area contributed by atoms with Crippen LogP contribution < -0.4 is 15.5 Å². The highest BCUT2D eigenvalue weighted by Gasteiger charge is 2.28. The summed E-state index contributed by atoms with van der Waals surface area (Å²) in [6.07, 6.45) is 6.29. The molecule has 160 valence electrons. The summed E-state index contributed by atoms with van der Waals surface area (Å²) in [7, 11) is 0. The molecule has 1 aromatic carbocycles. The summed E-state index contributed by atoms with van der Waals surface area (Å²) in [5.41, 5.74) is -0.523. The number of hydrogen-bond donors (Lipinski definition) is 2. The third kappa shape index (κ3) is 4.57. The Hall–Kier alpha value is -3.69. The number of benzene rings is 1. The lowest BCUT2D eigenvalue weighted by Gasteiger charge is -2.32. The molecule has 0 aliphatic carbocycles. The molecule has 2 amide bonds. The van der Waals surface area contributed by atoms with Crippen molar-refractivity contribution in [3.8, 4) is 0 Å². The first-order chi connectivity index (χ1) is 15.0. The van der Waals surface area contributed by atoms with Gasteiger partial charge in [0.25, 0.3) is 11.8 Å². The first kappa shape index (κ1) is 20.6. The average Bonchev–Trinajstić information content (AvgIpc) is 3.23. The molecule has 0 saturated carbocycles. The van der Waals surface area contributed by atoms with Gasteiger partial charge in [-0.15, -0.1) is 0 Å². The lowest BCUT2D eigenvalue weighted by Crippen LogP contribution is -2.47. The van der Waals surface area contributed by atoms with E-state index in [0.717, 1.165) is 12.1 Å². The summed E-state index contributed by atoms with van der Waals surface area (Å²) in [5.74, 6) is -2.71. The Balaban J connectivity index is 1.34. The van der Waals surface area contributed by atoms with Crippen LogP contribution in [0.2, 0.25) is 0 Å². The minimum atomic E-state index is -0.979. The monoisotopic (exact) mass is 426 g/mol. The number of amides is 2. The fraction of sp³-hybridized carbons (Fsp3) is 0.286. The third-order valence-corrected chi connectivity index (χ3v) is 5.12. The van der Waals surface area contributed by atoms with Gasteiger partial charge in [-0.1, -0.05) is 6.07 Å². The van der Waals surface area contributed by atoms with Gasteiger partial charge in [0, 0.05) is 31.5 Å². The van der Waals surface area contributed by atoms with Gasteiger partial charge in [-0.3, -0.25) is 14.6 Å². The molecule has 0 atom stereocenters. The Morgan fingerprint density at radius 3 is 2.35 bits per heavy atom. The van der Waals surface area contributed by atoms with E-state index in [9.17, 15) is 18.4 Å². The number of aromatic nitrogens is 2. The summed E-state index contributed by atoms with van der Waals surface area (Å²) >= 11 is 0. The van der Waals surface area contributed by atoms with Crippen LogP contribution in [0.15, 0.2) is 53.4 Å². The molecular weight excluding hydrogens is 406 g/mol. The van der Waals surface area contributed by atoms with Crippen LogP contribution in [0, 0.1) is 11.6 Å². The van der Waals surface area contributed by atoms with Crippen molar-refractivity contribution in [1.29, 1.82) is 0 Å². The van der Waals surface area contributed by atoms with Crippen LogP contribution in [0.25, 0.3) is 0 Å². The second-order valence-corrected chi connectivity index (χ2v) is 7.14. The second-order valence-electron chi connectivity index (χ2n) is 7.14. The highest BCUT2D eigenvalue weighted by molar-refractivity contribution is 6.46. The number of carbonyl (C=O) groups excluding carboxylic acids is 2. The predicted molar refractivity (Wildman–Crippen MR) is 110 cm³/mol. The van der Waals surface area contributed by atoms with E-state index in [1.54, 1.807) is 18.5 Å². The van der Waals surface area contributed by atoms with Gasteiger partial charge in [0.15, 0.2) is 0 Å². The number of carbonyl (C=O) groups is 2. The van der Waals surface area contributed by atoms with Crippen LogP contribution in [0.3, 0.4) is 0 Å². The van der Waals surface area contributed by atoms with Crippen LogP contribution in [0.1, 0.15) is 23.2 Å². The molecule has 1 saturated heterocycles. The highest BCUT2D eigenvalue weighted by Crippen LogP contribution is 2.17. The zero-order valence-corrected chi connectivity index (χ0v) is 16.5. The van der Waals surface area contributed by atoms with Gasteiger partial charge >= 0.3 is 0 Å². The molecule has 1 aromatic heterocycles. The molecule has 31 heavy (non-hydrogen) atoms. The van der Waals surface area contributed by atoms with E-state index < -0.39 is 29.0 Å². The molecule has 0 radical (unpaired) electrons. The number of aliphatic imine (C=N–C) groups is 1. The van der Waals surface area contributed by atoms with Gasteiger partial charge in [-0.25, -0.2) is 18.7 Å². The number of nitrogens with zero attached hydrogens (tertiary/aromatic N) is 4. The van der Waals surface area contributed by atoms with Crippen LogP contribution in [0.5, 0.6) is 0 Å². The fourth-order valence-corrected chi connectivity index (χ4v) is 3.55. The summed E-state index contributed by atoms with van der Waals surface area (Å²) in [4.78, 5) is 39.7. The van der Waals surface area contributed by atoms with Crippen LogP contribution in [-0.2, 0) is 4.79 Å². The number of rotatable bonds is 5. The van der Waals surface area contributed by atoms with Gasteiger partial charge in [-0.05, 0) is 37.1 Å². The Kier molecular flexibility index (Phi) is 5.96. The van der Waals surface area contributed by atoms with Gasteiger partial charge < -0.3 is 15.5 Å². The van der Waals surface area contributed by atoms with Crippen molar-refractivity contribution in [2.45, 2.75) is 18.9 Å². The van der Waals surface area contributed by atoms with Gasteiger partial charge in [0.05, 0.1) is 12.2 Å². The number of nitrogens with one attached hydrogen (secondary N) is 2. The van der Waals surface area contributed by atoms with Crippen molar-refractivity contribution in [3.63, 3.8) is 0 Å². The smallest absolute Gasteiger partial charge is 0.271 e. The van der Waals surface area contributed by atoms with E-state index >= 15 is 0 Å². The lowest BCUT2D eigenvalue weighted by atomic mass is 10.0. The number of hydrogen-bond acceptors (Lipinski definition) is 6. The van der Waals surface area contributed by atoms with Crippen molar-refractivity contribution in [2.24, 2.45) is 4.99 Å². The van der Waals surface area contributed by atoms with Gasteiger partial charge in [0.2, 0.25) is 5.95 Å². The minimum absolute atomic E-state index is 0.0407. The summed E-state index contributed by atoms with van der Waals surface area (Å²) in [6, 6.07) is 4.84. The topological polar surface area (TPSA) is 99.6 Å². The maximum Gasteiger partial charge on any atom is 0.271 e. The fourth-order valence-electron chi connectivity index (χ4n) is 3.55. The third-order valence-electron chi connectivity index (χ3n) is 5.12. The van der Waals surface area contributed by atoms with E-state index in [1.807, 2.05) is 4.90 Å². The molecule has 4 rings (SSSR count). The van der Waals surface area contributed by atoms with Crippen molar-refractivity contribution in [1.82, 2.24) is 20.6 Å². The zero-order chi connectivity index (χ0) is 21.8. The van der Waals surface area contributed by atoms with Crippen molar-refractivity contribution < 1.29 is 18.4 Å². The van der Waals surface area contributed by atoms with Gasteiger partial charge in [-0.2, -0.15) is 0 Å². The first-order valence-corrected chi connectivity index (χ1v) is 9.86. The Labute approximate surface area is 177 Å². The molecule has 0 unspecified atom stereocenters. The number of piperidine rings is 1. The first-order valence-electron chi connectivity index (χ1n) is 9.86. The molecule has 2 aliphatic rings. The van der Waals surface area contributed by atoms with Gasteiger partial charge in [0.1, 0.15) is 22.9 Å². The zero-order valence-electron chi connectivity index (χ0n) is 16.5. The van der Waals surface area contributed by atoms with Crippen LogP contribution in [-0.4, -0.2) is 53.2 Å². The van der Waals surface area contributed by atoms with Crippen LogP contribution in [0.4, 0.5) is 14.7 Å². The average molecular weight is 426 g/mol. The second kappa shape index (κ2) is 8.99. The summed E-state index contributed by atoms with van der Waals surface area (Å²) in [6.45, 7) is 1.57. The number of halogens is 2. The van der Waals surface area contributed by atoms with E-state index in [0.29, 0.717) is 31.9 Å². The Bertz CT molecular complexity index is 1030. The maximum atomic E-state index is 13.9. The Morgan fingerprint density at radius 2 is 1.68 bits per heavy atom. The molecule has 0 spiro atoms. The molecule has 3 heterocycles. The summed E-state index contributed by atoms with van der Waals surface area (Å²) in [5, 5.41) is 5.32. The predicted octanol–water partition coefficient (Wildman–Crippen LogP) is 1.61. The number of anilines is 1. The van der Waals surface area contributed by atoms with E-state index in [4.69, 9.17) is 0 Å². The maximum absolute atomic E-state index is 13.9. The standard InChI is InChI=1S/C21H20F2N6O2/c22-14-3-1-4-15(23)17(14)19(30)28-16-5-10-24-18(16)20(31)27-13-6-11-29(12-7-13)21-25-8-2-9-26-21/h1-5,8-9,13H,6-7,10-12H2,(H,27,31)(H,28,30). The molecule has 8 nitrogen and oxygen atoms in total. The minimum Gasteiger partial charge on any atom is -0.348 e. The molecular formula is C21H20F2N6O2. The van der Waals surface area contributed by atoms with Crippen molar-refractivity contribution in [2.75, 3.05) is 24.5 Å². The van der Waals surface area contributed by atoms with Crippen molar-refractivity contribution >= 4 is 23.5 Å². The highest BCUT2D eigenvalue weighted by atomic mass is 19.1. The quantitative estimate of drug-likeness (QED) is 0.757. The molecule has 2 N–H and O–H groups in total. The van der Waals surface area contributed by atoms with Crippen molar-refractivity contribution in [3.05, 3.63) is 65.6 Å². The SMILES string of the molecule is O=C(NC1CCN(c2ncccn2)CC1)C1=NCC=C1NC(=O)c1c(F)cccc1F. The van der Waals surface area contributed by atoms with E-state index in [-0.39, 0.29) is 24.0 Å². The van der Waals surface area contributed by atoms with E-state index in [2.05, 4.69) is 25.6 Å².